The van der Waals surface area contributed by atoms with E-state index >= 15 is 0 Å². The number of rotatable bonds is 4. The number of thiophene rings is 1. The van der Waals surface area contributed by atoms with E-state index in [0.29, 0.717) is 0 Å². The van der Waals surface area contributed by atoms with Crippen molar-refractivity contribution in [3.8, 4) is 33.6 Å². The van der Waals surface area contributed by atoms with Crippen LogP contribution in [0.1, 0.15) is 0 Å². The van der Waals surface area contributed by atoms with Gasteiger partial charge in [0.15, 0.2) is 0 Å². The van der Waals surface area contributed by atoms with Gasteiger partial charge in [-0.3, -0.25) is 0 Å². The Kier molecular flexibility index (Phi) is 8.40. The van der Waals surface area contributed by atoms with Gasteiger partial charge in [0.25, 0.3) is 0 Å². The van der Waals surface area contributed by atoms with E-state index in [1.807, 2.05) is 47.7 Å². The summed E-state index contributed by atoms with van der Waals surface area (Å²) in [4.78, 5) is 0. The summed E-state index contributed by atoms with van der Waals surface area (Å²) in [6.45, 7) is 0. The zero-order chi connectivity index (χ0) is 42.1. The molecule has 0 N–H and O–H groups in total. The molecule has 0 fully saturated rings. The number of para-hydroxylation sites is 4. The molecule has 0 saturated heterocycles. The van der Waals surface area contributed by atoms with Crippen molar-refractivity contribution in [1.82, 2.24) is 9.13 Å². The number of aromatic nitrogens is 2. The Morgan fingerprint density at radius 2 is 0.688 bits per heavy atom. The van der Waals surface area contributed by atoms with Gasteiger partial charge in [-0.25, -0.2) is 0 Å². The van der Waals surface area contributed by atoms with Crippen LogP contribution >= 0.6 is 11.3 Å². The zero-order valence-corrected chi connectivity index (χ0v) is 35.5. The van der Waals surface area contributed by atoms with E-state index in [0.717, 1.165) is 44.4 Å². The lowest BCUT2D eigenvalue weighted by atomic mass is 9.96. The highest BCUT2D eigenvalue weighted by Crippen LogP contribution is 2.41. The Balaban J connectivity index is 0.000000639. The molecule has 4 aromatic heterocycles. The third kappa shape index (κ3) is 5.88. The summed E-state index contributed by atoms with van der Waals surface area (Å²) < 4.78 is 13.9. The lowest BCUT2D eigenvalue weighted by molar-refractivity contribution is 0.669. The Bertz CT molecular complexity index is 3960. The van der Waals surface area contributed by atoms with Gasteiger partial charge >= 0.3 is 0 Å². The SMILES string of the molecule is c1ccc2c(c1)sc1ccc(-c3cc(-c4ccc5oc6ccc(-n7c8ccccc8c8ccccc87)cc6c5c4)cc(-n4c5ccccc5c5ccccc54)c3)cc12.c1ccccc1. The standard InChI is InChI=1S/C54H32N2OS.C6H6/c1-6-16-47-39(11-1)40-12-2-7-17-48(40)55(47)37-23-25-52-45(32-37)44-30-33(21-24-51(44)57-52)35-27-36(34-22-26-54-46(31-34)43-15-5-10-20-53(43)58-54)29-38(28-35)56-49-18-8-3-13-41(49)42-14-4-9-19-50(42)56;1-2-4-6-5-3-1/h1-32H;1-6H. The van der Waals surface area contributed by atoms with Gasteiger partial charge in [0.05, 0.1) is 22.1 Å². The molecular weight excluding hydrogens is 797 g/mol. The van der Waals surface area contributed by atoms with Crippen molar-refractivity contribution < 1.29 is 4.42 Å². The van der Waals surface area contributed by atoms with E-state index in [4.69, 9.17) is 4.42 Å². The van der Waals surface area contributed by atoms with Gasteiger partial charge in [0.2, 0.25) is 0 Å². The van der Waals surface area contributed by atoms with Crippen LogP contribution in [0.5, 0.6) is 0 Å². The minimum atomic E-state index is 0.881. The first-order valence-electron chi connectivity index (χ1n) is 21.7. The Hall–Kier alpha value is -8.18. The number of hydrogen-bond donors (Lipinski definition) is 0. The Labute approximate surface area is 372 Å². The largest absolute Gasteiger partial charge is 0.456 e. The first-order chi connectivity index (χ1) is 31.7. The summed E-state index contributed by atoms with van der Waals surface area (Å²) in [5.41, 5.74) is 13.5. The van der Waals surface area contributed by atoms with Crippen LogP contribution in [0.25, 0.3) is 119 Å². The van der Waals surface area contributed by atoms with E-state index in [2.05, 4.69) is 203 Å². The van der Waals surface area contributed by atoms with Crippen LogP contribution < -0.4 is 0 Å². The van der Waals surface area contributed by atoms with Gasteiger partial charge in [-0.2, -0.15) is 0 Å². The van der Waals surface area contributed by atoms with Crippen LogP contribution in [0.2, 0.25) is 0 Å². The molecular formula is C60H38N2OS. The van der Waals surface area contributed by atoms with Crippen molar-refractivity contribution >= 4 is 97.1 Å². The fourth-order valence-electron chi connectivity index (χ4n) is 9.85. The van der Waals surface area contributed by atoms with E-state index in [1.165, 1.54) is 74.9 Å². The molecule has 14 rings (SSSR count). The highest BCUT2D eigenvalue weighted by atomic mass is 32.1. The monoisotopic (exact) mass is 834 g/mol. The molecule has 0 aliphatic heterocycles. The van der Waals surface area contributed by atoms with E-state index < -0.39 is 0 Å². The van der Waals surface area contributed by atoms with Gasteiger partial charge in [0.1, 0.15) is 11.2 Å². The second-order valence-corrected chi connectivity index (χ2v) is 17.5. The van der Waals surface area contributed by atoms with E-state index in [9.17, 15) is 0 Å². The van der Waals surface area contributed by atoms with Crippen molar-refractivity contribution in [2.75, 3.05) is 0 Å². The van der Waals surface area contributed by atoms with Crippen LogP contribution in [-0.4, -0.2) is 9.13 Å². The topological polar surface area (TPSA) is 23.0 Å². The average molecular weight is 835 g/mol. The maximum atomic E-state index is 6.52. The Morgan fingerprint density at radius 1 is 0.266 bits per heavy atom. The summed E-state index contributed by atoms with van der Waals surface area (Å²) >= 11 is 1.86. The second-order valence-electron chi connectivity index (χ2n) is 16.5. The summed E-state index contributed by atoms with van der Waals surface area (Å²) in [6, 6.07) is 82.9. The third-order valence-corrected chi connectivity index (χ3v) is 13.9. The molecule has 64 heavy (non-hydrogen) atoms. The minimum absolute atomic E-state index is 0.881. The Morgan fingerprint density at radius 3 is 1.25 bits per heavy atom. The quantitative estimate of drug-likeness (QED) is 0.173. The molecule has 0 atom stereocenters. The highest BCUT2D eigenvalue weighted by molar-refractivity contribution is 7.25. The number of hydrogen-bond acceptors (Lipinski definition) is 2. The number of furan rings is 1. The highest BCUT2D eigenvalue weighted by Gasteiger charge is 2.18. The lowest BCUT2D eigenvalue weighted by Crippen LogP contribution is -1.96. The predicted octanol–water partition coefficient (Wildman–Crippen LogP) is 17.2. The number of benzene rings is 10. The molecule has 0 aliphatic carbocycles. The van der Waals surface area contributed by atoms with E-state index in [-0.39, 0.29) is 0 Å². The molecule has 0 amide bonds. The fourth-order valence-corrected chi connectivity index (χ4v) is 10.9. The van der Waals surface area contributed by atoms with Crippen molar-refractivity contribution in [3.63, 3.8) is 0 Å². The maximum Gasteiger partial charge on any atom is 0.135 e. The molecule has 0 bridgehead atoms. The van der Waals surface area contributed by atoms with Gasteiger partial charge in [-0.05, 0) is 113 Å². The van der Waals surface area contributed by atoms with Crippen molar-refractivity contribution in [2.45, 2.75) is 0 Å². The summed E-state index contributed by atoms with van der Waals surface area (Å²) in [6.07, 6.45) is 0. The molecule has 10 aromatic carbocycles. The summed E-state index contributed by atoms with van der Waals surface area (Å²) in [7, 11) is 0. The maximum absolute atomic E-state index is 6.52. The lowest BCUT2D eigenvalue weighted by Gasteiger charge is -2.14. The molecule has 0 spiro atoms. The molecule has 4 heteroatoms. The molecule has 0 unspecified atom stereocenters. The number of fused-ring (bicyclic) bond motifs is 12. The normalized spacial score (nSPS) is 11.8. The molecule has 300 valence electrons. The molecule has 14 aromatic rings. The van der Waals surface area contributed by atoms with Crippen molar-refractivity contribution in [3.05, 3.63) is 231 Å². The van der Waals surface area contributed by atoms with Gasteiger partial charge in [0, 0.05) is 63.9 Å². The fraction of sp³-hybridized carbons (Fsp3) is 0. The van der Waals surface area contributed by atoms with Crippen LogP contribution in [0.3, 0.4) is 0 Å². The van der Waals surface area contributed by atoms with Crippen LogP contribution in [0, 0.1) is 0 Å². The van der Waals surface area contributed by atoms with Crippen molar-refractivity contribution in [1.29, 1.82) is 0 Å². The van der Waals surface area contributed by atoms with Gasteiger partial charge in [-0.15, -0.1) is 11.3 Å². The van der Waals surface area contributed by atoms with Crippen LogP contribution in [0.15, 0.2) is 235 Å². The molecule has 0 radical (unpaired) electrons. The molecule has 4 heterocycles. The summed E-state index contributed by atoms with van der Waals surface area (Å²) in [5.74, 6) is 0. The van der Waals surface area contributed by atoms with Gasteiger partial charge < -0.3 is 13.6 Å². The predicted molar refractivity (Wildman–Crippen MR) is 273 cm³/mol. The van der Waals surface area contributed by atoms with Crippen LogP contribution in [-0.2, 0) is 0 Å². The zero-order valence-electron chi connectivity index (χ0n) is 34.7. The molecule has 0 aliphatic rings. The third-order valence-electron chi connectivity index (χ3n) is 12.8. The average Bonchev–Trinajstić information content (AvgIpc) is 4.12. The number of nitrogens with zero attached hydrogens (tertiary/aromatic N) is 2. The van der Waals surface area contributed by atoms with Crippen LogP contribution in [0.4, 0.5) is 0 Å². The molecule has 3 nitrogen and oxygen atoms in total. The molecule has 0 saturated carbocycles. The first-order valence-corrected chi connectivity index (χ1v) is 22.6. The smallest absolute Gasteiger partial charge is 0.135 e. The minimum Gasteiger partial charge on any atom is -0.456 e. The summed E-state index contributed by atoms with van der Waals surface area (Å²) in [5, 5.41) is 9.82. The van der Waals surface area contributed by atoms with Crippen molar-refractivity contribution in [2.24, 2.45) is 0 Å². The van der Waals surface area contributed by atoms with Gasteiger partial charge in [-0.1, -0.05) is 140 Å². The van der Waals surface area contributed by atoms with E-state index in [1.54, 1.807) is 0 Å². The first kappa shape index (κ1) is 36.5. The second kappa shape index (κ2) is 14.7.